The van der Waals surface area contributed by atoms with E-state index in [0.717, 1.165) is 22.3 Å². The summed E-state index contributed by atoms with van der Waals surface area (Å²) in [4.78, 5) is 26.6. The summed E-state index contributed by atoms with van der Waals surface area (Å²) in [6.07, 6.45) is 4.04. The lowest BCUT2D eigenvalue weighted by molar-refractivity contribution is -0.162. The number of esters is 2. The van der Waals surface area contributed by atoms with Crippen molar-refractivity contribution in [3.05, 3.63) is 124 Å². The highest BCUT2D eigenvalue weighted by atomic mass is 16.6. The topological polar surface area (TPSA) is 152 Å². The minimum atomic E-state index is -0.867. The van der Waals surface area contributed by atoms with Gasteiger partial charge in [0.25, 0.3) is 0 Å². The van der Waals surface area contributed by atoms with Gasteiger partial charge in [-0.25, -0.2) is 0 Å². The Morgan fingerprint density at radius 1 is 0.833 bits per heavy atom. The second kappa shape index (κ2) is 16.8. The Bertz CT molecular complexity index is 1970. The second-order valence-electron chi connectivity index (χ2n) is 14.3. The molecule has 0 spiro atoms. The van der Waals surface area contributed by atoms with Crippen molar-refractivity contribution in [2.24, 2.45) is 11.3 Å². The normalized spacial score (nSPS) is 23.7. The first kappa shape index (κ1) is 38.4. The molecule has 0 amide bonds. The highest BCUT2D eigenvalue weighted by Crippen LogP contribution is 2.59. The van der Waals surface area contributed by atoms with Crippen LogP contribution in [-0.4, -0.2) is 65.4 Å². The molecule has 1 saturated carbocycles. The zero-order valence-corrected chi connectivity index (χ0v) is 30.8. The van der Waals surface area contributed by atoms with Crippen molar-refractivity contribution in [1.82, 2.24) is 0 Å². The number of carbonyl (C=O) groups excluding carboxylic acids is 2. The van der Waals surface area contributed by atoms with Crippen LogP contribution in [0.1, 0.15) is 71.4 Å². The van der Waals surface area contributed by atoms with Gasteiger partial charge >= 0.3 is 11.9 Å². The number of ether oxygens (including phenoxy) is 4. The summed E-state index contributed by atoms with van der Waals surface area (Å²) in [5.41, 5.74) is 3.90. The molecular formula is C44H48O10. The number of carbonyl (C=O) groups is 2. The van der Waals surface area contributed by atoms with E-state index >= 15 is 0 Å². The molecule has 0 aromatic heterocycles. The molecule has 54 heavy (non-hydrogen) atoms. The zero-order valence-electron chi connectivity index (χ0n) is 30.8. The number of fused-ring (bicyclic) bond motifs is 2. The van der Waals surface area contributed by atoms with Gasteiger partial charge in [-0.05, 0) is 82.8 Å². The fourth-order valence-corrected chi connectivity index (χ4v) is 8.65. The van der Waals surface area contributed by atoms with Crippen LogP contribution in [0, 0.1) is 11.3 Å². The Morgan fingerprint density at radius 2 is 1.57 bits per heavy atom. The first-order valence-electron chi connectivity index (χ1n) is 18.2. The maximum atomic E-state index is 13.6. The van der Waals surface area contributed by atoms with Crippen LogP contribution in [0.3, 0.4) is 0 Å². The van der Waals surface area contributed by atoms with E-state index in [1.165, 1.54) is 21.1 Å². The molecule has 0 saturated heterocycles. The van der Waals surface area contributed by atoms with Crippen molar-refractivity contribution in [2.75, 3.05) is 20.8 Å². The molecular weight excluding hydrogens is 688 g/mol. The lowest BCUT2D eigenvalue weighted by Crippen LogP contribution is -2.51. The molecule has 284 valence electrons. The number of rotatable bonds is 11. The second-order valence-corrected chi connectivity index (χ2v) is 14.3. The molecule has 0 heterocycles. The Hall–Kier alpha value is -5.32. The molecule has 10 nitrogen and oxygen atoms in total. The molecule has 6 rings (SSSR count). The average Bonchev–Trinajstić information content (AvgIpc) is 3.16. The van der Waals surface area contributed by atoms with Gasteiger partial charge in [0.05, 0.1) is 33.9 Å². The van der Waals surface area contributed by atoms with Gasteiger partial charge in [-0.1, -0.05) is 72.8 Å². The van der Waals surface area contributed by atoms with E-state index in [1.54, 1.807) is 48.5 Å². The molecule has 0 radical (unpaired) electrons. The van der Waals surface area contributed by atoms with E-state index in [0.29, 0.717) is 41.9 Å². The number of aromatic hydroxyl groups is 2. The van der Waals surface area contributed by atoms with E-state index in [9.17, 15) is 30.0 Å². The van der Waals surface area contributed by atoms with Crippen LogP contribution >= 0.6 is 0 Å². The Morgan fingerprint density at radius 3 is 2.28 bits per heavy atom. The molecule has 2 aliphatic carbocycles. The summed E-state index contributed by atoms with van der Waals surface area (Å²) in [6, 6.07) is 25.6. The highest BCUT2D eigenvalue weighted by Gasteiger charge is 2.54. The summed E-state index contributed by atoms with van der Waals surface area (Å²) in [6.45, 7) is 0.930. The van der Waals surface area contributed by atoms with Gasteiger partial charge in [-0.3, -0.25) is 9.59 Å². The molecule has 0 aliphatic heterocycles. The van der Waals surface area contributed by atoms with Gasteiger partial charge in [0, 0.05) is 30.6 Å². The molecule has 10 heteroatoms. The van der Waals surface area contributed by atoms with Crippen LogP contribution in [0.25, 0.3) is 6.08 Å². The third kappa shape index (κ3) is 8.25. The minimum Gasteiger partial charge on any atom is -0.504 e. The van der Waals surface area contributed by atoms with Crippen molar-refractivity contribution in [2.45, 2.75) is 69.7 Å². The molecule has 2 aliphatic rings. The Balaban J connectivity index is 1.52. The van der Waals surface area contributed by atoms with Crippen LogP contribution in [0.5, 0.6) is 23.0 Å². The number of aliphatic hydroxyl groups is 2. The largest absolute Gasteiger partial charge is 0.504 e. The van der Waals surface area contributed by atoms with Crippen molar-refractivity contribution < 1.29 is 49.0 Å². The molecule has 4 aromatic rings. The molecule has 4 N–H and O–H groups in total. The third-order valence-corrected chi connectivity index (χ3v) is 11.1. The number of aliphatic hydroxyl groups excluding tert-OH is 2. The fourth-order valence-electron chi connectivity index (χ4n) is 8.65. The van der Waals surface area contributed by atoms with E-state index in [4.69, 9.17) is 18.9 Å². The van der Waals surface area contributed by atoms with Crippen LogP contribution in [0.4, 0.5) is 0 Å². The summed E-state index contributed by atoms with van der Waals surface area (Å²) >= 11 is 0. The Labute approximate surface area is 315 Å². The lowest BCUT2D eigenvalue weighted by atomic mass is 9.52. The van der Waals surface area contributed by atoms with E-state index in [1.807, 2.05) is 42.5 Å². The maximum Gasteiger partial charge on any atom is 0.310 e. The van der Waals surface area contributed by atoms with Gasteiger partial charge in [-0.2, -0.15) is 0 Å². The molecule has 4 aromatic carbocycles. The first-order valence-corrected chi connectivity index (χ1v) is 18.2. The molecule has 6 atom stereocenters. The van der Waals surface area contributed by atoms with Crippen molar-refractivity contribution in [3.63, 3.8) is 0 Å². The fraction of sp³-hybridized carbons (Fsp3) is 0.364. The smallest absolute Gasteiger partial charge is 0.310 e. The third-order valence-electron chi connectivity index (χ3n) is 11.1. The maximum absolute atomic E-state index is 13.6. The van der Waals surface area contributed by atoms with Crippen molar-refractivity contribution in [1.29, 1.82) is 0 Å². The predicted octanol–water partition coefficient (Wildman–Crippen LogP) is 6.61. The van der Waals surface area contributed by atoms with Crippen molar-refractivity contribution >= 4 is 18.0 Å². The van der Waals surface area contributed by atoms with Gasteiger partial charge < -0.3 is 39.4 Å². The van der Waals surface area contributed by atoms with Crippen molar-refractivity contribution in [3.8, 4) is 23.0 Å². The van der Waals surface area contributed by atoms with Gasteiger partial charge in [0.1, 0.15) is 12.2 Å². The number of benzene rings is 4. The first-order chi connectivity index (χ1) is 26.1. The van der Waals surface area contributed by atoms with Crippen LogP contribution in [0.2, 0.25) is 0 Å². The summed E-state index contributed by atoms with van der Waals surface area (Å²) < 4.78 is 23.5. The standard InChI is InChI=1S/C44H48O10/c1-27(47)53-40-22-34(54-43(50)17-29-10-7-11-30(16-29)25-45)18-33(31-12-13-38(48)41(20-31)51-2)24-44(15-14-28-8-5-4-6-9-28)36(40)19-32-21-42(52-3)39(49)23-35(32)37(44)26-46/h4-16,20-21,23,33-34,36-37,40,45-46,48-49H,17-19,22,24-26H2,1-3H3/t33?,34-,36-,37+,40-,44-/m0/s1. The number of methoxy groups -OCH3 is 2. The van der Waals surface area contributed by atoms with Gasteiger partial charge in [0.15, 0.2) is 23.0 Å². The summed E-state index contributed by atoms with van der Waals surface area (Å²) in [5.74, 6) is -1.72. The predicted molar refractivity (Wildman–Crippen MR) is 202 cm³/mol. The molecule has 1 fully saturated rings. The summed E-state index contributed by atoms with van der Waals surface area (Å²) in [7, 11) is 2.96. The van der Waals surface area contributed by atoms with Crippen LogP contribution < -0.4 is 9.47 Å². The highest BCUT2D eigenvalue weighted by molar-refractivity contribution is 5.73. The molecule has 0 bridgehead atoms. The van der Waals surface area contributed by atoms with Crippen LogP contribution in [0.15, 0.2) is 91.0 Å². The zero-order chi connectivity index (χ0) is 38.4. The monoisotopic (exact) mass is 736 g/mol. The minimum absolute atomic E-state index is 0.0172. The molecule has 1 unspecified atom stereocenters. The number of hydrogen-bond donors (Lipinski definition) is 4. The summed E-state index contributed by atoms with van der Waals surface area (Å²) in [5, 5.41) is 42.6. The number of phenolic OH excluding ortho intramolecular Hbond substituents is 2. The van der Waals surface area contributed by atoms with E-state index in [-0.39, 0.29) is 43.5 Å². The number of phenols is 2. The number of allylic oxidation sites excluding steroid dienone is 1. The SMILES string of the molecule is COc1cc(C2C[C@H](OC(=O)Cc3cccc(CO)c3)C[C@H](OC(C)=O)[C@@H]3Cc4cc(OC)c(O)cc4[C@@H](CO)[C@@]3(C=Cc3ccccc3)C2)ccc1O. The quantitative estimate of drug-likeness (QED) is 0.124. The lowest BCUT2D eigenvalue weighted by Gasteiger charge is -2.54. The van der Waals surface area contributed by atoms with E-state index < -0.39 is 41.4 Å². The number of hydrogen-bond acceptors (Lipinski definition) is 10. The Kier molecular flexibility index (Phi) is 11.9. The van der Waals surface area contributed by atoms with Gasteiger partial charge in [0.2, 0.25) is 0 Å². The van der Waals surface area contributed by atoms with Gasteiger partial charge in [-0.15, -0.1) is 0 Å². The van der Waals surface area contributed by atoms with E-state index in [2.05, 4.69) is 6.08 Å². The average molecular weight is 737 g/mol. The van der Waals surface area contributed by atoms with Crippen LogP contribution in [-0.2, 0) is 38.5 Å².